The summed E-state index contributed by atoms with van der Waals surface area (Å²) < 4.78 is 36.8. The van der Waals surface area contributed by atoms with Crippen LogP contribution in [0.3, 0.4) is 0 Å². The molecule has 0 saturated carbocycles. The van der Waals surface area contributed by atoms with Gasteiger partial charge in [-0.3, -0.25) is 0 Å². The molecule has 0 unspecified atom stereocenters. The average molecular weight is 270 g/mol. The van der Waals surface area contributed by atoms with E-state index in [9.17, 15) is 8.42 Å². The second-order valence-electron chi connectivity index (χ2n) is 3.74. The van der Waals surface area contributed by atoms with Crippen LogP contribution in [0.25, 0.3) is 0 Å². The lowest BCUT2D eigenvalue weighted by Crippen LogP contribution is -2.23. The largest absolute Gasteiger partial charge is 0.468 e. The van der Waals surface area contributed by atoms with Gasteiger partial charge < -0.3 is 14.6 Å². The van der Waals surface area contributed by atoms with Gasteiger partial charge in [-0.1, -0.05) is 0 Å². The molecule has 0 amide bonds. The minimum atomic E-state index is -3.62. The summed E-state index contributed by atoms with van der Waals surface area (Å²) >= 11 is 0. The van der Waals surface area contributed by atoms with Gasteiger partial charge in [-0.05, 0) is 19.1 Å². The first-order chi connectivity index (χ1) is 8.53. The molecular weight excluding hydrogens is 256 g/mol. The number of aryl methyl sites for hydroxylation is 1. The third-order valence-electron chi connectivity index (χ3n) is 2.43. The Bertz CT molecular complexity index is 614. The Labute approximate surface area is 105 Å². The Morgan fingerprint density at radius 1 is 1.39 bits per heavy atom. The molecule has 0 saturated heterocycles. The highest BCUT2D eigenvalue weighted by Gasteiger charge is 2.21. The van der Waals surface area contributed by atoms with Crippen LogP contribution in [0.2, 0.25) is 0 Å². The molecule has 98 valence electrons. The molecule has 0 radical (unpaired) electrons. The van der Waals surface area contributed by atoms with Crippen molar-refractivity contribution in [1.29, 1.82) is 0 Å². The molecular formula is C11H14N2O4S. The molecule has 0 aliphatic rings. The SMILES string of the molecule is Cc1oc(CN)cc1S(=O)(=O)NCc1ccco1. The Hall–Kier alpha value is -1.57. The van der Waals surface area contributed by atoms with E-state index < -0.39 is 10.0 Å². The minimum absolute atomic E-state index is 0.0952. The standard InChI is InChI=1S/C11H14N2O4S/c1-8-11(5-10(6-12)17-8)18(14,15)13-7-9-3-2-4-16-9/h2-5,13H,6-7,12H2,1H3. The van der Waals surface area contributed by atoms with Gasteiger partial charge >= 0.3 is 0 Å². The van der Waals surface area contributed by atoms with Crippen LogP contribution in [0.15, 0.2) is 38.2 Å². The van der Waals surface area contributed by atoms with E-state index >= 15 is 0 Å². The molecule has 0 atom stereocenters. The van der Waals surface area contributed by atoms with Crippen LogP contribution in [-0.2, 0) is 23.1 Å². The molecule has 2 aromatic rings. The van der Waals surface area contributed by atoms with Gasteiger partial charge in [0.25, 0.3) is 0 Å². The van der Waals surface area contributed by atoms with Crippen LogP contribution in [0, 0.1) is 6.92 Å². The zero-order valence-corrected chi connectivity index (χ0v) is 10.7. The molecule has 0 aromatic carbocycles. The monoisotopic (exact) mass is 270 g/mol. The van der Waals surface area contributed by atoms with E-state index in [0.717, 1.165) is 0 Å². The molecule has 6 nitrogen and oxygen atoms in total. The van der Waals surface area contributed by atoms with Gasteiger partial charge in [-0.15, -0.1) is 0 Å². The smallest absolute Gasteiger partial charge is 0.244 e. The number of rotatable bonds is 5. The molecule has 2 rings (SSSR count). The van der Waals surface area contributed by atoms with E-state index in [2.05, 4.69) is 4.72 Å². The summed E-state index contributed by atoms with van der Waals surface area (Å²) in [5.74, 6) is 1.30. The first kappa shape index (κ1) is 12.9. The normalized spacial score (nSPS) is 11.9. The minimum Gasteiger partial charge on any atom is -0.468 e. The predicted molar refractivity (Wildman–Crippen MR) is 64.1 cm³/mol. The Morgan fingerprint density at radius 2 is 2.17 bits per heavy atom. The Morgan fingerprint density at radius 3 is 2.72 bits per heavy atom. The van der Waals surface area contributed by atoms with Crippen molar-refractivity contribution in [2.24, 2.45) is 5.73 Å². The summed E-state index contributed by atoms with van der Waals surface area (Å²) in [6.07, 6.45) is 1.49. The van der Waals surface area contributed by atoms with Crippen molar-refractivity contribution in [3.8, 4) is 0 Å². The molecule has 2 heterocycles. The Kier molecular flexibility index (Phi) is 3.55. The molecule has 18 heavy (non-hydrogen) atoms. The number of hydrogen-bond acceptors (Lipinski definition) is 5. The summed E-state index contributed by atoms with van der Waals surface area (Å²) in [4.78, 5) is 0.106. The quantitative estimate of drug-likeness (QED) is 0.848. The highest BCUT2D eigenvalue weighted by molar-refractivity contribution is 7.89. The van der Waals surface area contributed by atoms with Crippen LogP contribution >= 0.6 is 0 Å². The number of nitrogens with two attached hydrogens (primary N) is 1. The van der Waals surface area contributed by atoms with E-state index in [-0.39, 0.29) is 18.0 Å². The highest BCUT2D eigenvalue weighted by atomic mass is 32.2. The van der Waals surface area contributed by atoms with E-state index in [4.69, 9.17) is 14.6 Å². The zero-order valence-electron chi connectivity index (χ0n) is 9.84. The van der Waals surface area contributed by atoms with Gasteiger partial charge in [0.1, 0.15) is 22.2 Å². The van der Waals surface area contributed by atoms with Gasteiger partial charge in [0.05, 0.1) is 19.4 Å². The summed E-state index contributed by atoms with van der Waals surface area (Å²) in [5.41, 5.74) is 5.40. The lowest BCUT2D eigenvalue weighted by Gasteiger charge is -2.03. The van der Waals surface area contributed by atoms with Gasteiger partial charge in [0, 0.05) is 6.07 Å². The maximum absolute atomic E-state index is 12.0. The van der Waals surface area contributed by atoms with E-state index in [1.807, 2.05) is 0 Å². The van der Waals surface area contributed by atoms with Crippen molar-refractivity contribution in [3.05, 3.63) is 41.7 Å². The van der Waals surface area contributed by atoms with E-state index in [0.29, 0.717) is 17.3 Å². The molecule has 3 N–H and O–H groups in total. The number of furan rings is 2. The molecule has 0 aliphatic carbocycles. The maximum Gasteiger partial charge on any atom is 0.244 e. The predicted octanol–water partition coefficient (Wildman–Crippen LogP) is 1.12. The van der Waals surface area contributed by atoms with Crippen molar-refractivity contribution in [1.82, 2.24) is 4.72 Å². The maximum atomic E-state index is 12.0. The van der Waals surface area contributed by atoms with Crippen molar-refractivity contribution in [2.45, 2.75) is 24.9 Å². The summed E-state index contributed by atoms with van der Waals surface area (Å²) in [6.45, 7) is 1.84. The van der Waals surface area contributed by atoms with Crippen LogP contribution in [0.5, 0.6) is 0 Å². The fourth-order valence-electron chi connectivity index (χ4n) is 1.55. The van der Waals surface area contributed by atoms with Gasteiger partial charge in [-0.25, -0.2) is 13.1 Å². The van der Waals surface area contributed by atoms with Crippen molar-refractivity contribution >= 4 is 10.0 Å². The third-order valence-corrected chi connectivity index (χ3v) is 3.94. The van der Waals surface area contributed by atoms with Crippen LogP contribution in [0.1, 0.15) is 17.3 Å². The van der Waals surface area contributed by atoms with Gasteiger partial charge in [0.15, 0.2) is 0 Å². The summed E-state index contributed by atoms with van der Waals surface area (Å²) in [7, 11) is -3.62. The molecule has 0 aliphatic heterocycles. The molecule has 0 fully saturated rings. The van der Waals surface area contributed by atoms with Gasteiger partial charge in [0.2, 0.25) is 10.0 Å². The summed E-state index contributed by atoms with van der Waals surface area (Å²) in [6, 6.07) is 4.81. The van der Waals surface area contributed by atoms with Crippen molar-refractivity contribution < 1.29 is 17.3 Å². The summed E-state index contributed by atoms with van der Waals surface area (Å²) in [5, 5.41) is 0. The van der Waals surface area contributed by atoms with Crippen molar-refractivity contribution in [2.75, 3.05) is 0 Å². The van der Waals surface area contributed by atoms with Crippen LogP contribution in [0.4, 0.5) is 0 Å². The number of nitrogens with one attached hydrogen (secondary N) is 1. The van der Waals surface area contributed by atoms with E-state index in [1.54, 1.807) is 19.1 Å². The van der Waals surface area contributed by atoms with E-state index in [1.165, 1.54) is 12.3 Å². The lowest BCUT2D eigenvalue weighted by atomic mass is 10.4. The topological polar surface area (TPSA) is 98.5 Å². The second-order valence-corrected chi connectivity index (χ2v) is 5.48. The van der Waals surface area contributed by atoms with Crippen LogP contribution in [-0.4, -0.2) is 8.42 Å². The first-order valence-electron chi connectivity index (χ1n) is 5.34. The number of hydrogen-bond donors (Lipinski definition) is 2. The molecule has 2 aromatic heterocycles. The van der Waals surface area contributed by atoms with Gasteiger partial charge in [-0.2, -0.15) is 0 Å². The molecule has 0 spiro atoms. The van der Waals surface area contributed by atoms with Crippen LogP contribution < -0.4 is 10.5 Å². The highest BCUT2D eigenvalue weighted by Crippen LogP contribution is 2.19. The zero-order chi connectivity index (χ0) is 13.2. The van der Waals surface area contributed by atoms with Crippen molar-refractivity contribution in [3.63, 3.8) is 0 Å². The fourth-order valence-corrected chi connectivity index (χ4v) is 2.74. The second kappa shape index (κ2) is 4.97. The lowest BCUT2D eigenvalue weighted by molar-refractivity contribution is 0.477. The average Bonchev–Trinajstić information content (AvgIpc) is 2.95. The number of sulfonamides is 1. The Balaban J connectivity index is 2.17. The third kappa shape index (κ3) is 2.63. The first-order valence-corrected chi connectivity index (χ1v) is 6.82. The fraction of sp³-hybridized carbons (Fsp3) is 0.273. The molecule has 0 bridgehead atoms. The molecule has 7 heteroatoms.